The Balaban J connectivity index is 2.29. The maximum Gasteiger partial charge on any atom is 0.277 e. The Morgan fingerprint density at radius 3 is 2.50 bits per heavy atom. The van der Waals surface area contributed by atoms with E-state index in [1.165, 1.54) is 6.07 Å². The maximum atomic E-state index is 11.1. The molecule has 0 atom stereocenters. The van der Waals surface area contributed by atoms with E-state index in [4.69, 9.17) is 11.6 Å². The molecule has 1 heterocycles. The third-order valence-electron chi connectivity index (χ3n) is 3.07. The van der Waals surface area contributed by atoms with Crippen LogP contribution in [-0.2, 0) is 0 Å². The first kappa shape index (κ1) is 12.6. The molecule has 0 bridgehead atoms. The molecule has 0 radical (unpaired) electrons. The van der Waals surface area contributed by atoms with Gasteiger partial charge in [0.2, 0.25) is 0 Å². The summed E-state index contributed by atoms with van der Waals surface area (Å²) in [5, 5.41) is 12.3. The molecule has 0 aliphatic heterocycles. The lowest BCUT2D eigenvalue weighted by molar-refractivity contribution is -0.384. The van der Waals surface area contributed by atoms with Crippen LogP contribution in [0.4, 0.5) is 5.69 Å². The summed E-state index contributed by atoms with van der Waals surface area (Å²) >= 11 is 6.18. The van der Waals surface area contributed by atoms with Gasteiger partial charge in [0.15, 0.2) is 0 Å². The van der Waals surface area contributed by atoms with Crippen molar-refractivity contribution >= 4 is 28.2 Å². The van der Waals surface area contributed by atoms with Crippen molar-refractivity contribution in [1.29, 1.82) is 0 Å². The Kier molecular flexibility index (Phi) is 3.08. The zero-order valence-corrected chi connectivity index (χ0v) is 11.0. The van der Waals surface area contributed by atoms with Crippen LogP contribution in [-0.4, -0.2) is 9.91 Å². The van der Waals surface area contributed by atoms with E-state index in [1.807, 2.05) is 30.3 Å². The van der Waals surface area contributed by atoms with Crippen LogP contribution in [0, 0.1) is 10.1 Å². The first-order valence-electron chi connectivity index (χ1n) is 5.96. The van der Waals surface area contributed by atoms with Gasteiger partial charge in [-0.1, -0.05) is 41.9 Å². The van der Waals surface area contributed by atoms with E-state index >= 15 is 0 Å². The number of rotatable bonds is 2. The Morgan fingerprint density at radius 1 is 1.00 bits per heavy atom. The molecule has 0 amide bonds. The summed E-state index contributed by atoms with van der Waals surface area (Å²) in [5.41, 5.74) is 1.82. The van der Waals surface area contributed by atoms with Crippen LogP contribution >= 0.6 is 11.6 Å². The fraction of sp³-hybridized carbons (Fsp3) is 0. The van der Waals surface area contributed by atoms with Crippen LogP contribution < -0.4 is 0 Å². The van der Waals surface area contributed by atoms with Crippen molar-refractivity contribution in [3.63, 3.8) is 0 Å². The summed E-state index contributed by atoms with van der Waals surface area (Å²) in [5.74, 6) is 0. The van der Waals surface area contributed by atoms with Gasteiger partial charge in [0.25, 0.3) is 5.69 Å². The molecule has 2 aromatic carbocycles. The van der Waals surface area contributed by atoms with Crippen molar-refractivity contribution in [2.45, 2.75) is 0 Å². The summed E-state index contributed by atoms with van der Waals surface area (Å²) in [6.07, 6.45) is 0. The molecule has 3 rings (SSSR count). The Bertz CT molecular complexity index is 818. The smallest absolute Gasteiger partial charge is 0.258 e. The molecule has 0 aliphatic carbocycles. The molecule has 0 fully saturated rings. The molecular weight excluding hydrogens is 276 g/mol. The van der Waals surface area contributed by atoms with Crippen molar-refractivity contribution in [1.82, 2.24) is 4.98 Å². The molecule has 4 nitrogen and oxygen atoms in total. The predicted octanol–water partition coefficient (Wildman–Crippen LogP) is 4.46. The van der Waals surface area contributed by atoms with E-state index in [0.29, 0.717) is 11.1 Å². The van der Waals surface area contributed by atoms with E-state index in [-0.39, 0.29) is 10.8 Å². The van der Waals surface area contributed by atoms with Gasteiger partial charge in [0.05, 0.1) is 16.0 Å². The summed E-state index contributed by atoms with van der Waals surface area (Å²) in [7, 11) is 0. The first-order chi connectivity index (χ1) is 9.66. The number of para-hydroxylation sites is 2. The topological polar surface area (TPSA) is 56.0 Å². The molecule has 5 heteroatoms. The molecule has 1 aromatic heterocycles. The summed E-state index contributed by atoms with van der Waals surface area (Å²) in [6, 6.07) is 15.8. The van der Waals surface area contributed by atoms with Gasteiger partial charge in [-0.25, -0.2) is 4.98 Å². The lowest BCUT2D eigenvalue weighted by Gasteiger charge is -2.07. The normalized spacial score (nSPS) is 10.7. The SMILES string of the molecule is O=[N+]([O-])c1ccccc1-c1cc2ccccc2nc1Cl. The van der Waals surface area contributed by atoms with Gasteiger partial charge < -0.3 is 0 Å². The van der Waals surface area contributed by atoms with Crippen LogP contribution in [0.1, 0.15) is 0 Å². The molecule has 3 aromatic rings. The zero-order chi connectivity index (χ0) is 14.1. The number of pyridine rings is 1. The lowest BCUT2D eigenvalue weighted by atomic mass is 10.0. The molecule has 98 valence electrons. The van der Waals surface area contributed by atoms with Crippen molar-refractivity contribution in [2.75, 3.05) is 0 Å². The number of nitro benzene ring substituents is 1. The average Bonchev–Trinajstić information content (AvgIpc) is 2.46. The van der Waals surface area contributed by atoms with Gasteiger partial charge in [-0.2, -0.15) is 0 Å². The number of nitrogens with zero attached hydrogens (tertiary/aromatic N) is 2. The minimum absolute atomic E-state index is 0.0199. The third-order valence-corrected chi connectivity index (χ3v) is 3.36. The van der Waals surface area contributed by atoms with Crippen molar-refractivity contribution < 1.29 is 4.92 Å². The fourth-order valence-electron chi connectivity index (χ4n) is 2.14. The highest BCUT2D eigenvalue weighted by atomic mass is 35.5. The molecule has 0 aliphatic rings. The van der Waals surface area contributed by atoms with E-state index in [9.17, 15) is 10.1 Å². The minimum atomic E-state index is -0.416. The highest BCUT2D eigenvalue weighted by Gasteiger charge is 2.17. The number of hydrogen-bond acceptors (Lipinski definition) is 3. The van der Waals surface area contributed by atoms with E-state index < -0.39 is 4.92 Å². The molecule has 0 unspecified atom stereocenters. The Morgan fingerprint density at radius 2 is 1.70 bits per heavy atom. The van der Waals surface area contributed by atoms with E-state index in [2.05, 4.69) is 4.98 Å². The van der Waals surface area contributed by atoms with Crippen molar-refractivity contribution in [3.8, 4) is 11.1 Å². The first-order valence-corrected chi connectivity index (χ1v) is 6.33. The minimum Gasteiger partial charge on any atom is -0.258 e. The van der Waals surface area contributed by atoms with E-state index in [0.717, 1.165) is 10.9 Å². The molecule has 0 saturated heterocycles. The Labute approximate surface area is 119 Å². The maximum absolute atomic E-state index is 11.1. The second kappa shape index (κ2) is 4.90. The molecule has 0 N–H and O–H groups in total. The summed E-state index contributed by atoms with van der Waals surface area (Å²) in [4.78, 5) is 15.0. The number of nitro groups is 1. The second-order valence-electron chi connectivity index (χ2n) is 4.29. The number of halogens is 1. The van der Waals surface area contributed by atoms with Gasteiger partial charge >= 0.3 is 0 Å². The standard InChI is InChI=1S/C15H9ClN2O2/c16-15-12(9-10-5-1-3-7-13(10)17-15)11-6-2-4-8-14(11)18(19)20/h1-9H. The van der Waals surface area contributed by atoms with Gasteiger partial charge in [-0.05, 0) is 18.2 Å². The van der Waals surface area contributed by atoms with Gasteiger partial charge in [0.1, 0.15) is 5.15 Å². The van der Waals surface area contributed by atoms with Crippen LogP contribution in [0.3, 0.4) is 0 Å². The van der Waals surface area contributed by atoms with Crippen LogP contribution in [0.2, 0.25) is 5.15 Å². The third kappa shape index (κ3) is 2.10. The largest absolute Gasteiger partial charge is 0.277 e. The molecule has 0 spiro atoms. The fourth-order valence-corrected chi connectivity index (χ4v) is 2.39. The van der Waals surface area contributed by atoms with Gasteiger partial charge in [-0.15, -0.1) is 0 Å². The summed E-state index contributed by atoms with van der Waals surface area (Å²) < 4.78 is 0. The highest BCUT2D eigenvalue weighted by Crippen LogP contribution is 2.35. The molecular formula is C15H9ClN2O2. The van der Waals surface area contributed by atoms with Crippen LogP contribution in [0.15, 0.2) is 54.6 Å². The van der Waals surface area contributed by atoms with Crippen molar-refractivity contribution in [2.24, 2.45) is 0 Å². The van der Waals surface area contributed by atoms with Crippen LogP contribution in [0.5, 0.6) is 0 Å². The molecule has 20 heavy (non-hydrogen) atoms. The number of fused-ring (bicyclic) bond motifs is 1. The number of hydrogen-bond donors (Lipinski definition) is 0. The zero-order valence-electron chi connectivity index (χ0n) is 10.3. The van der Waals surface area contributed by atoms with Crippen molar-refractivity contribution in [3.05, 3.63) is 69.9 Å². The summed E-state index contributed by atoms with van der Waals surface area (Å²) in [6.45, 7) is 0. The number of aromatic nitrogens is 1. The Hall–Kier alpha value is -2.46. The monoisotopic (exact) mass is 284 g/mol. The van der Waals surface area contributed by atoms with Crippen LogP contribution in [0.25, 0.3) is 22.0 Å². The van der Waals surface area contributed by atoms with E-state index in [1.54, 1.807) is 18.2 Å². The molecule has 0 saturated carbocycles. The van der Waals surface area contributed by atoms with Gasteiger partial charge in [0, 0.05) is 17.0 Å². The van der Waals surface area contributed by atoms with Gasteiger partial charge in [-0.3, -0.25) is 10.1 Å². The average molecular weight is 285 g/mol. The number of benzene rings is 2. The second-order valence-corrected chi connectivity index (χ2v) is 4.65. The quantitative estimate of drug-likeness (QED) is 0.396. The predicted molar refractivity (Wildman–Crippen MR) is 78.8 cm³/mol. The highest BCUT2D eigenvalue weighted by molar-refractivity contribution is 6.32. The lowest BCUT2D eigenvalue weighted by Crippen LogP contribution is -1.93.